The molecule has 0 fully saturated rings. The van der Waals surface area contributed by atoms with Crippen LogP contribution in [0.15, 0.2) is 6.07 Å². The van der Waals surface area contributed by atoms with Crippen LogP contribution in [0.5, 0.6) is 0 Å². The number of nitrogens with zero attached hydrogens (tertiary/aromatic N) is 1. The lowest BCUT2D eigenvalue weighted by Gasteiger charge is -2.20. The van der Waals surface area contributed by atoms with Gasteiger partial charge in [-0.3, -0.25) is 0 Å². The number of nitrogens with one attached hydrogen (secondary N) is 2. The molecule has 16 heavy (non-hydrogen) atoms. The van der Waals surface area contributed by atoms with E-state index in [-0.39, 0.29) is 5.41 Å². The average molecular weight is 239 g/mol. The molecule has 0 saturated carbocycles. The van der Waals surface area contributed by atoms with E-state index in [0.29, 0.717) is 10.7 Å². The minimum atomic E-state index is -0.0132. The molecule has 0 aliphatic carbocycles. The second kappa shape index (κ2) is 4.95. The Labute approximate surface area is 103 Å². The van der Waals surface area contributed by atoms with Crippen LogP contribution in [-0.4, -0.2) is 16.0 Å². The maximum atomic E-state index is 5.17. The van der Waals surface area contributed by atoms with Crippen molar-refractivity contribution in [2.45, 2.75) is 52.5 Å². The molecule has 0 aromatic carbocycles. The number of hydrogen-bond acceptors (Lipinski definition) is 3. The highest BCUT2D eigenvalue weighted by Gasteiger charge is 2.16. The van der Waals surface area contributed by atoms with E-state index in [9.17, 15) is 0 Å². The summed E-state index contributed by atoms with van der Waals surface area (Å²) in [5, 5.41) is 3.38. The Hall–Kier alpha value is -0.900. The molecule has 90 valence electrons. The first-order chi connectivity index (χ1) is 7.32. The molecule has 2 N–H and O–H groups in total. The predicted molar refractivity (Wildman–Crippen MR) is 71.5 cm³/mol. The van der Waals surface area contributed by atoms with Gasteiger partial charge in [-0.1, -0.05) is 39.9 Å². The van der Waals surface area contributed by atoms with Gasteiger partial charge in [0, 0.05) is 17.5 Å². The third kappa shape index (κ3) is 3.59. The number of rotatable bonds is 3. The van der Waals surface area contributed by atoms with Crippen LogP contribution in [0.4, 0.5) is 5.82 Å². The summed E-state index contributed by atoms with van der Waals surface area (Å²) in [5.41, 5.74) is -0.0132. The summed E-state index contributed by atoms with van der Waals surface area (Å²) < 4.78 is 0.634. The Kier molecular flexibility index (Phi) is 4.08. The first-order valence-corrected chi connectivity index (χ1v) is 6.12. The molecule has 4 heteroatoms. The fraction of sp³-hybridized carbons (Fsp3) is 0.667. The van der Waals surface area contributed by atoms with Gasteiger partial charge in [0.05, 0.1) is 0 Å². The Morgan fingerprint density at radius 1 is 1.50 bits per heavy atom. The van der Waals surface area contributed by atoms with Crippen molar-refractivity contribution in [3.63, 3.8) is 0 Å². The van der Waals surface area contributed by atoms with E-state index >= 15 is 0 Å². The molecule has 0 bridgehead atoms. The standard InChI is InChI=1S/C12H21N3S/c1-6-8(2)13-9-7-10(16)15-11(14-9)12(3,4)5/h7-8H,6H2,1-5H3,(H2,13,14,15,16). The number of H-pyrrole nitrogens is 1. The van der Waals surface area contributed by atoms with Crippen LogP contribution in [0.3, 0.4) is 0 Å². The van der Waals surface area contributed by atoms with Gasteiger partial charge in [0.15, 0.2) is 0 Å². The third-order valence-electron chi connectivity index (χ3n) is 2.47. The van der Waals surface area contributed by atoms with Gasteiger partial charge < -0.3 is 10.3 Å². The minimum absolute atomic E-state index is 0.0132. The largest absolute Gasteiger partial charge is 0.369 e. The van der Waals surface area contributed by atoms with E-state index in [1.165, 1.54) is 0 Å². The van der Waals surface area contributed by atoms with E-state index < -0.39 is 0 Å². The summed E-state index contributed by atoms with van der Waals surface area (Å²) in [5.74, 6) is 1.88. The van der Waals surface area contributed by atoms with Crippen LogP contribution in [-0.2, 0) is 5.41 Å². The molecule has 1 rings (SSSR count). The topological polar surface area (TPSA) is 40.7 Å². The SMILES string of the molecule is CCC(C)Nc1cc(=S)nc(C(C)(C)C)[nH]1. The highest BCUT2D eigenvalue weighted by atomic mass is 32.1. The van der Waals surface area contributed by atoms with Gasteiger partial charge in [0.1, 0.15) is 16.3 Å². The molecule has 1 aromatic heterocycles. The Morgan fingerprint density at radius 2 is 2.12 bits per heavy atom. The first kappa shape index (κ1) is 13.2. The zero-order chi connectivity index (χ0) is 12.3. The lowest BCUT2D eigenvalue weighted by Crippen LogP contribution is -2.20. The van der Waals surface area contributed by atoms with Crippen molar-refractivity contribution in [3.8, 4) is 0 Å². The van der Waals surface area contributed by atoms with Crippen molar-refractivity contribution < 1.29 is 0 Å². The predicted octanol–water partition coefficient (Wildman–Crippen LogP) is 3.65. The van der Waals surface area contributed by atoms with Gasteiger partial charge >= 0.3 is 0 Å². The molecule has 0 aliphatic heterocycles. The summed E-state index contributed by atoms with van der Waals surface area (Å²) in [6.07, 6.45) is 1.08. The maximum Gasteiger partial charge on any atom is 0.131 e. The fourth-order valence-electron chi connectivity index (χ4n) is 1.26. The molecule has 1 aromatic rings. The van der Waals surface area contributed by atoms with E-state index in [2.05, 4.69) is 49.9 Å². The quantitative estimate of drug-likeness (QED) is 0.791. The summed E-state index contributed by atoms with van der Waals surface area (Å²) in [4.78, 5) is 7.66. The molecule has 1 atom stereocenters. The summed E-state index contributed by atoms with van der Waals surface area (Å²) in [6, 6.07) is 2.30. The zero-order valence-electron chi connectivity index (χ0n) is 10.7. The molecule has 0 amide bonds. The molecular formula is C12H21N3S. The van der Waals surface area contributed by atoms with Crippen molar-refractivity contribution in [1.29, 1.82) is 0 Å². The van der Waals surface area contributed by atoms with Crippen LogP contribution < -0.4 is 5.32 Å². The van der Waals surface area contributed by atoms with Crippen LogP contribution in [0, 0.1) is 4.64 Å². The normalized spacial score (nSPS) is 13.6. The van der Waals surface area contributed by atoms with Crippen molar-refractivity contribution in [3.05, 3.63) is 16.5 Å². The number of hydrogen-bond donors (Lipinski definition) is 2. The number of aromatic amines is 1. The van der Waals surface area contributed by atoms with Gasteiger partial charge in [-0.05, 0) is 13.3 Å². The van der Waals surface area contributed by atoms with Gasteiger partial charge in [-0.15, -0.1) is 0 Å². The second-order valence-corrected chi connectivity index (χ2v) is 5.60. The number of aromatic nitrogens is 2. The summed E-state index contributed by atoms with van der Waals surface area (Å²) in [7, 11) is 0. The van der Waals surface area contributed by atoms with Crippen LogP contribution >= 0.6 is 12.2 Å². The molecule has 0 spiro atoms. The van der Waals surface area contributed by atoms with Crippen LogP contribution in [0.25, 0.3) is 0 Å². The maximum absolute atomic E-state index is 5.17. The fourth-order valence-corrected chi connectivity index (χ4v) is 1.47. The highest BCUT2D eigenvalue weighted by molar-refractivity contribution is 7.71. The minimum Gasteiger partial charge on any atom is -0.369 e. The molecule has 1 heterocycles. The van der Waals surface area contributed by atoms with Gasteiger partial charge in [-0.25, -0.2) is 4.98 Å². The molecule has 1 unspecified atom stereocenters. The van der Waals surface area contributed by atoms with E-state index in [0.717, 1.165) is 18.1 Å². The summed E-state index contributed by atoms with van der Waals surface area (Å²) in [6.45, 7) is 10.7. The third-order valence-corrected chi connectivity index (χ3v) is 2.68. The Bertz CT molecular complexity index is 403. The number of anilines is 1. The van der Waals surface area contributed by atoms with Crippen molar-refractivity contribution in [2.75, 3.05) is 5.32 Å². The first-order valence-electron chi connectivity index (χ1n) is 5.71. The van der Waals surface area contributed by atoms with Gasteiger partial charge in [0.2, 0.25) is 0 Å². The average Bonchev–Trinajstić information content (AvgIpc) is 2.15. The van der Waals surface area contributed by atoms with Crippen molar-refractivity contribution in [2.24, 2.45) is 0 Å². The van der Waals surface area contributed by atoms with Gasteiger partial charge in [0.25, 0.3) is 0 Å². The second-order valence-electron chi connectivity index (χ2n) is 5.19. The monoisotopic (exact) mass is 239 g/mol. The molecule has 0 aliphatic rings. The molecule has 3 nitrogen and oxygen atoms in total. The van der Waals surface area contributed by atoms with Crippen molar-refractivity contribution in [1.82, 2.24) is 9.97 Å². The van der Waals surface area contributed by atoms with Gasteiger partial charge in [-0.2, -0.15) is 0 Å². The lowest BCUT2D eigenvalue weighted by molar-refractivity contribution is 0.544. The molecule has 0 saturated heterocycles. The lowest BCUT2D eigenvalue weighted by atomic mass is 9.96. The van der Waals surface area contributed by atoms with Crippen LogP contribution in [0.2, 0.25) is 0 Å². The van der Waals surface area contributed by atoms with E-state index in [1.54, 1.807) is 0 Å². The van der Waals surface area contributed by atoms with Crippen LogP contribution in [0.1, 0.15) is 46.9 Å². The molecular weight excluding hydrogens is 218 g/mol. The highest BCUT2D eigenvalue weighted by Crippen LogP contribution is 2.19. The van der Waals surface area contributed by atoms with E-state index in [1.807, 2.05) is 6.07 Å². The zero-order valence-corrected chi connectivity index (χ0v) is 11.5. The smallest absolute Gasteiger partial charge is 0.131 e. The Morgan fingerprint density at radius 3 is 2.62 bits per heavy atom. The molecule has 0 radical (unpaired) electrons. The summed E-state index contributed by atoms with van der Waals surface area (Å²) >= 11 is 5.17. The van der Waals surface area contributed by atoms with Crippen molar-refractivity contribution >= 4 is 18.0 Å². The van der Waals surface area contributed by atoms with E-state index in [4.69, 9.17) is 12.2 Å². The Balaban J connectivity index is 3.04.